The van der Waals surface area contributed by atoms with E-state index >= 15 is 0 Å². The first-order chi connectivity index (χ1) is 11.1. The minimum atomic E-state index is -0.485. The van der Waals surface area contributed by atoms with E-state index in [0.29, 0.717) is 28.6 Å². The van der Waals surface area contributed by atoms with Crippen LogP contribution in [0.2, 0.25) is 5.02 Å². The summed E-state index contributed by atoms with van der Waals surface area (Å²) in [5.41, 5.74) is 1.24. The van der Waals surface area contributed by atoms with Crippen molar-refractivity contribution in [3.05, 3.63) is 64.7 Å². The molecule has 0 aliphatic heterocycles. The van der Waals surface area contributed by atoms with Crippen LogP contribution in [0, 0.1) is 11.3 Å². The zero-order chi connectivity index (χ0) is 16.7. The van der Waals surface area contributed by atoms with E-state index in [4.69, 9.17) is 16.3 Å². The van der Waals surface area contributed by atoms with E-state index < -0.39 is 5.91 Å². The van der Waals surface area contributed by atoms with Crippen molar-refractivity contribution >= 4 is 29.3 Å². The highest BCUT2D eigenvalue weighted by atomic mass is 35.5. The second-order valence-corrected chi connectivity index (χ2v) is 5.04. The molecular weight excluding hydrogens is 312 g/mol. The van der Waals surface area contributed by atoms with Crippen molar-refractivity contribution in [3.8, 4) is 11.8 Å². The van der Waals surface area contributed by atoms with E-state index in [-0.39, 0.29) is 5.57 Å². The topological polar surface area (TPSA) is 62.1 Å². The van der Waals surface area contributed by atoms with Gasteiger partial charge in [0, 0.05) is 16.3 Å². The van der Waals surface area contributed by atoms with Gasteiger partial charge >= 0.3 is 0 Å². The first-order valence-electron chi connectivity index (χ1n) is 7.04. The lowest BCUT2D eigenvalue weighted by atomic mass is 10.1. The second-order valence-electron chi connectivity index (χ2n) is 4.60. The first-order valence-corrected chi connectivity index (χ1v) is 7.42. The van der Waals surface area contributed by atoms with Gasteiger partial charge in [-0.2, -0.15) is 5.26 Å². The average molecular weight is 327 g/mol. The molecule has 4 nitrogen and oxygen atoms in total. The highest BCUT2D eigenvalue weighted by Crippen LogP contribution is 2.21. The number of benzene rings is 2. The number of rotatable bonds is 5. The number of anilines is 1. The molecule has 116 valence electrons. The predicted molar refractivity (Wildman–Crippen MR) is 91.3 cm³/mol. The van der Waals surface area contributed by atoms with Crippen LogP contribution in [0.25, 0.3) is 6.08 Å². The van der Waals surface area contributed by atoms with Gasteiger partial charge in [-0.15, -0.1) is 0 Å². The first kappa shape index (κ1) is 16.6. The van der Waals surface area contributed by atoms with Gasteiger partial charge in [0.2, 0.25) is 0 Å². The Morgan fingerprint density at radius 1 is 1.26 bits per heavy atom. The Balaban J connectivity index is 2.23. The number of ether oxygens (including phenoxy) is 1. The summed E-state index contributed by atoms with van der Waals surface area (Å²) in [6, 6.07) is 15.8. The Hall–Kier alpha value is -2.77. The minimum absolute atomic E-state index is 0.00731. The van der Waals surface area contributed by atoms with Crippen molar-refractivity contribution in [2.75, 3.05) is 11.9 Å². The number of nitrogens with one attached hydrogen (secondary N) is 1. The molecule has 0 aliphatic carbocycles. The molecule has 2 aromatic carbocycles. The third-order valence-electron chi connectivity index (χ3n) is 2.99. The molecule has 0 unspecified atom stereocenters. The standard InChI is InChI=1S/C18H15ClN2O2/c1-2-23-17-6-4-3-5-13(17)11-14(12-20)18(22)21-16-9-7-15(19)8-10-16/h3-11H,2H2,1H3,(H,21,22). The molecule has 1 amide bonds. The fourth-order valence-corrected chi connectivity index (χ4v) is 2.05. The molecule has 2 aromatic rings. The Morgan fingerprint density at radius 3 is 2.61 bits per heavy atom. The molecule has 0 aromatic heterocycles. The molecule has 0 spiro atoms. The lowest BCUT2D eigenvalue weighted by Crippen LogP contribution is -2.13. The van der Waals surface area contributed by atoms with Gasteiger partial charge in [-0.25, -0.2) is 0 Å². The number of para-hydroxylation sites is 1. The minimum Gasteiger partial charge on any atom is -0.493 e. The van der Waals surface area contributed by atoms with Gasteiger partial charge in [0.15, 0.2) is 0 Å². The fraction of sp³-hybridized carbons (Fsp3) is 0.111. The van der Waals surface area contributed by atoms with E-state index in [1.54, 1.807) is 36.4 Å². The van der Waals surface area contributed by atoms with Gasteiger partial charge in [-0.3, -0.25) is 4.79 Å². The maximum atomic E-state index is 12.2. The normalized spacial score (nSPS) is 10.7. The van der Waals surface area contributed by atoms with E-state index in [1.807, 2.05) is 25.1 Å². The number of carbonyl (C=O) groups is 1. The van der Waals surface area contributed by atoms with Gasteiger partial charge in [0.05, 0.1) is 6.61 Å². The summed E-state index contributed by atoms with van der Waals surface area (Å²) in [7, 11) is 0. The van der Waals surface area contributed by atoms with Gasteiger partial charge in [-0.1, -0.05) is 29.8 Å². The lowest BCUT2D eigenvalue weighted by molar-refractivity contribution is -0.112. The molecule has 0 bridgehead atoms. The lowest BCUT2D eigenvalue weighted by Gasteiger charge is -2.08. The van der Waals surface area contributed by atoms with Gasteiger partial charge < -0.3 is 10.1 Å². The van der Waals surface area contributed by atoms with Crippen LogP contribution in [0.4, 0.5) is 5.69 Å². The Bertz CT molecular complexity index is 761. The van der Waals surface area contributed by atoms with Crippen molar-refractivity contribution < 1.29 is 9.53 Å². The largest absolute Gasteiger partial charge is 0.493 e. The smallest absolute Gasteiger partial charge is 0.266 e. The van der Waals surface area contributed by atoms with E-state index in [2.05, 4.69) is 5.32 Å². The number of hydrogen-bond acceptors (Lipinski definition) is 3. The van der Waals surface area contributed by atoms with Gasteiger partial charge in [0.25, 0.3) is 5.91 Å². The van der Waals surface area contributed by atoms with Gasteiger partial charge in [0.1, 0.15) is 17.4 Å². The van der Waals surface area contributed by atoms with Crippen molar-refractivity contribution in [1.82, 2.24) is 0 Å². The molecule has 0 heterocycles. The summed E-state index contributed by atoms with van der Waals surface area (Å²) in [6.07, 6.45) is 1.51. The average Bonchev–Trinajstić information content (AvgIpc) is 2.56. The van der Waals surface area contributed by atoms with E-state index in [0.717, 1.165) is 0 Å². The summed E-state index contributed by atoms with van der Waals surface area (Å²) in [4.78, 5) is 12.2. The van der Waals surface area contributed by atoms with Crippen LogP contribution in [-0.4, -0.2) is 12.5 Å². The van der Waals surface area contributed by atoms with Crippen molar-refractivity contribution in [2.45, 2.75) is 6.92 Å². The van der Waals surface area contributed by atoms with E-state index in [9.17, 15) is 10.1 Å². The zero-order valence-electron chi connectivity index (χ0n) is 12.5. The molecule has 0 saturated carbocycles. The summed E-state index contributed by atoms with van der Waals surface area (Å²) in [5.74, 6) is 0.142. The monoisotopic (exact) mass is 326 g/mol. The second kappa shape index (κ2) is 8.02. The maximum absolute atomic E-state index is 12.2. The highest BCUT2D eigenvalue weighted by Gasteiger charge is 2.11. The van der Waals surface area contributed by atoms with Crippen LogP contribution >= 0.6 is 11.6 Å². The molecule has 0 fully saturated rings. The summed E-state index contributed by atoms with van der Waals surface area (Å²) >= 11 is 5.80. The molecule has 2 rings (SSSR count). The fourth-order valence-electron chi connectivity index (χ4n) is 1.92. The summed E-state index contributed by atoms with van der Waals surface area (Å²) < 4.78 is 5.49. The molecule has 0 radical (unpaired) electrons. The third kappa shape index (κ3) is 4.60. The summed E-state index contributed by atoms with van der Waals surface area (Å²) in [5, 5.41) is 12.5. The van der Waals surface area contributed by atoms with Crippen molar-refractivity contribution in [1.29, 1.82) is 5.26 Å². The number of amides is 1. The molecule has 5 heteroatoms. The number of nitriles is 1. The molecule has 0 aliphatic rings. The van der Waals surface area contributed by atoms with Crippen LogP contribution in [0.15, 0.2) is 54.1 Å². The number of nitrogens with zero attached hydrogens (tertiary/aromatic N) is 1. The number of hydrogen-bond donors (Lipinski definition) is 1. The van der Waals surface area contributed by atoms with Crippen LogP contribution in [0.1, 0.15) is 12.5 Å². The SMILES string of the molecule is CCOc1ccccc1C=C(C#N)C(=O)Nc1ccc(Cl)cc1. The van der Waals surface area contributed by atoms with Crippen LogP contribution < -0.4 is 10.1 Å². The van der Waals surface area contributed by atoms with Crippen molar-refractivity contribution in [3.63, 3.8) is 0 Å². The zero-order valence-corrected chi connectivity index (χ0v) is 13.3. The Labute approximate surface area is 140 Å². The molecule has 1 N–H and O–H groups in total. The maximum Gasteiger partial charge on any atom is 0.266 e. The van der Waals surface area contributed by atoms with Crippen LogP contribution in [0.3, 0.4) is 0 Å². The van der Waals surface area contributed by atoms with Crippen LogP contribution in [-0.2, 0) is 4.79 Å². The molecule has 23 heavy (non-hydrogen) atoms. The van der Waals surface area contributed by atoms with Crippen molar-refractivity contribution in [2.24, 2.45) is 0 Å². The Morgan fingerprint density at radius 2 is 1.96 bits per heavy atom. The molecule has 0 atom stereocenters. The number of carbonyl (C=O) groups excluding carboxylic acids is 1. The molecular formula is C18H15ClN2O2. The van der Waals surface area contributed by atoms with Gasteiger partial charge in [-0.05, 0) is 43.3 Å². The molecule has 0 saturated heterocycles. The number of halogens is 1. The quantitative estimate of drug-likeness (QED) is 0.658. The van der Waals surface area contributed by atoms with Crippen LogP contribution in [0.5, 0.6) is 5.75 Å². The Kier molecular flexibility index (Phi) is 5.79. The van der Waals surface area contributed by atoms with E-state index in [1.165, 1.54) is 6.08 Å². The highest BCUT2D eigenvalue weighted by molar-refractivity contribution is 6.30. The predicted octanol–water partition coefficient (Wildman–Crippen LogP) is 4.28. The third-order valence-corrected chi connectivity index (χ3v) is 3.24. The summed E-state index contributed by atoms with van der Waals surface area (Å²) in [6.45, 7) is 2.38.